The highest BCUT2D eigenvalue weighted by molar-refractivity contribution is 6.01. The van der Waals surface area contributed by atoms with Crippen LogP contribution in [0.15, 0.2) is 67.4 Å². The van der Waals surface area contributed by atoms with Crippen molar-refractivity contribution < 1.29 is 18.7 Å². The Labute approximate surface area is 239 Å². The van der Waals surface area contributed by atoms with Crippen molar-refractivity contribution in [3.63, 3.8) is 0 Å². The number of halogens is 1. The second-order valence-electron chi connectivity index (χ2n) is 11.2. The summed E-state index contributed by atoms with van der Waals surface area (Å²) in [5, 5.41) is 0.730. The van der Waals surface area contributed by atoms with Crippen LogP contribution in [0, 0.1) is 11.4 Å². The summed E-state index contributed by atoms with van der Waals surface area (Å²) >= 11 is 0. The average Bonchev–Trinajstić information content (AvgIpc) is 3.31. The summed E-state index contributed by atoms with van der Waals surface area (Å²) in [4.78, 5) is 41.6. The van der Waals surface area contributed by atoms with Crippen LogP contribution >= 0.6 is 0 Å². The molecule has 1 amide bonds. The van der Waals surface area contributed by atoms with E-state index in [0.717, 1.165) is 16.5 Å². The summed E-state index contributed by atoms with van der Waals surface area (Å²) in [6.07, 6.45) is 10.9. The summed E-state index contributed by atoms with van der Waals surface area (Å²) in [5.41, 5.74) is 3.33. The molecule has 10 heteroatoms. The minimum atomic E-state index is -0.677. The van der Waals surface area contributed by atoms with Crippen molar-refractivity contribution in [2.24, 2.45) is 5.41 Å². The van der Waals surface area contributed by atoms with Crippen LogP contribution in [-0.2, 0) is 14.3 Å². The van der Waals surface area contributed by atoms with Crippen molar-refractivity contribution in [1.82, 2.24) is 24.4 Å². The first-order valence-corrected chi connectivity index (χ1v) is 13.2. The number of hydrogen-bond acceptors (Lipinski definition) is 7. The molecule has 41 heavy (non-hydrogen) atoms. The highest BCUT2D eigenvalue weighted by Crippen LogP contribution is 2.35. The zero-order valence-electron chi connectivity index (χ0n) is 24.4. The van der Waals surface area contributed by atoms with Crippen molar-refractivity contribution in [2.45, 2.75) is 33.9 Å². The van der Waals surface area contributed by atoms with Gasteiger partial charge < -0.3 is 14.5 Å². The number of esters is 1. The fourth-order valence-corrected chi connectivity index (χ4v) is 4.13. The van der Waals surface area contributed by atoms with E-state index in [-0.39, 0.29) is 11.9 Å². The van der Waals surface area contributed by atoms with E-state index in [0.29, 0.717) is 29.0 Å². The molecule has 4 aromatic rings. The van der Waals surface area contributed by atoms with Crippen molar-refractivity contribution in [1.29, 1.82) is 0 Å². The maximum atomic E-state index is 14.1. The Balaban J connectivity index is 1.76. The molecule has 0 saturated heterocycles. The SMILES string of the molecule is CC(OC(=O)C(C)(C)C)n1cc(-c2ccnc(F)c2)c2cc(-c3cncc(N(C)C(=O)C=CCN(C)C)c3)cnc21. The number of carbonyl (C=O) groups excluding carboxylic acids is 2. The molecule has 4 rings (SSSR count). The summed E-state index contributed by atoms with van der Waals surface area (Å²) in [7, 11) is 5.56. The van der Waals surface area contributed by atoms with E-state index in [4.69, 9.17) is 9.72 Å². The topological polar surface area (TPSA) is 93.5 Å². The van der Waals surface area contributed by atoms with Crippen LogP contribution in [0.5, 0.6) is 0 Å². The van der Waals surface area contributed by atoms with Crippen LogP contribution in [0.1, 0.15) is 33.9 Å². The number of nitrogens with zero attached hydrogens (tertiary/aromatic N) is 6. The van der Waals surface area contributed by atoms with Gasteiger partial charge in [0.25, 0.3) is 0 Å². The van der Waals surface area contributed by atoms with E-state index >= 15 is 0 Å². The molecule has 9 nitrogen and oxygen atoms in total. The largest absolute Gasteiger partial charge is 0.441 e. The second kappa shape index (κ2) is 12.0. The zero-order chi connectivity index (χ0) is 29.9. The monoisotopic (exact) mass is 558 g/mol. The third-order valence-corrected chi connectivity index (χ3v) is 6.49. The van der Waals surface area contributed by atoms with Gasteiger partial charge in [0.05, 0.1) is 17.3 Å². The summed E-state index contributed by atoms with van der Waals surface area (Å²) in [5.74, 6) is -1.13. The lowest BCUT2D eigenvalue weighted by molar-refractivity contribution is -0.162. The van der Waals surface area contributed by atoms with Gasteiger partial charge in [-0.15, -0.1) is 0 Å². The summed E-state index contributed by atoms with van der Waals surface area (Å²) in [6, 6.07) is 6.87. The average molecular weight is 559 g/mol. The van der Waals surface area contributed by atoms with Gasteiger partial charge in [-0.1, -0.05) is 6.08 Å². The highest BCUT2D eigenvalue weighted by atomic mass is 19.1. The van der Waals surface area contributed by atoms with Gasteiger partial charge in [-0.25, -0.2) is 9.97 Å². The van der Waals surface area contributed by atoms with Crippen molar-refractivity contribution >= 4 is 28.6 Å². The fraction of sp³-hybridized carbons (Fsp3) is 0.323. The number of amides is 1. The Morgan fingerprint density at radius 2 is 1.78 bits per heavy atom. The Kier molecular flexibility index (Phi) is 8.63. The first-order chi connectivity index (χ1) is 19.3. The van der Waals surface area contributed by atoms with Crippen LogP contribution in [0.3, 0.4) is 0 Å². The number of likely N-dealkylation sites (N-methyl/N-ethyl adjacent to an activating group) is 2. The number of ether oxygens (including phenoxy) is 1. The number of anilines is 1. The molecule has 0 aliphatic rings. The van der Waals surface area contributed by atoms with E-state index in [1.165, 1.54) is 23.2 Å². The first-order valence-electron chi connectivity index (χ1n) is 13.2. The third-order valence-electron chi connectivity index (χ3n) is 6.49. The van der Waals surface area contributed by atoms with E-state index in [1.807, 2.05) is 37.2 Å². The van der Waals surface area contributed by atoms with Gasteiger partial charge in [0, 0.05) is 72.6 Å². The maximum Gasteiger partial charge on any atom is 0.313 e. The third kappa shape index (κ3) is 6.83. The lowest BCUT2D eigenvalue weighted by atomic mass is 9.97. The number of rotatable bonds is 8. The molecule has 214 valence electrons. The predicted octanol–water partition coefficient (Wildman–Crippen LogP) is 5.49. The molecule has 0 aliphatic heterocycles. The quantitative estimate of drug-likeness (QED) is 0.160. The molecule has 0 saturated carbocycles. The van der Waals surface area contributed by atoms with E-state index < -0.39 is 17.6 Å². The Morgan fingerprint density at radius 3 is 2.46 bits per heavy atom. The second-order valence-corrected chi connectivity index (χ2v) is 11.2. The Morgan fingerprint density at radius 1 is 1.05 bits per heavy atom. The number of hydrogen-bond donors (Lipinski definition) is 0. The minimum absolute atomic E-state index is 0.169. The molecule has 1 atom stereocenters. The van der Waals surface area contributed by atoms with Gasteiger partial charge in [-0.3, -0.25) is 19.1 Å². The summed E-state index contributed by atoms with van der Waals surface area (Å²) in [6.45, 7) is 7.79. The zero-order valence-corrected chi connectivity index (χ0v) is 24.4. The highest BCUT2D eigenvalue weighted by Gasteiger charge is 2.27. The van der Waals surface area contributed by atoms with Crippen LogP contribution in [0.2, 0.25) is 0 Å². The molecule has 0 bridgehead atoms. The van der Waals surface area contributed by atoms with Gasteiger partial charge in [0.2, 0.25) is 11.9 Å². The number of aromatic nitrogens is 4. The van der Waals surface area contributed by atoms with Gasteiger partial charge in [0.15, 0.2) is 6.23 Å². The van der Waals surface area contributed by atoms with Gasteiger partial charge in [0.1, 0.15) is 5.65 Å². The number of pyridine rings is 3. The molecule has 0 fully saturated rings. The standard InChI is InChI=1S/C31H35FN6O3/c1-20(41-30(40)31(2,3)4)38-19-26(21-10-11-34-27(32)15-21)25-14-23(17-35-29(25)38)22-13-24(18-33-16-22)37(7)28(39)9-8-12-36(5)6/h8-11,13-20H,12H2,1-7H3. The van der Waals surface area contributed by atoms with Crippen LogP contribution < -0.4 is 4.90 Å². The van der Waals surface area contributed by atoms with Gasteiger partial charge in [-0.05, 0) is 65.6 Å². The van der Waals surface area contributed by atoms with E-state index in [2.05, 4.69) is 9.97 Å². The van der Waals surface area contributed by atoms with Gasteiger partial charge >= 0.3 is 5.97 Å². The number of carbonyl (C=O) groups is 2. The first kappa shape index (κ1) is 29.5. The molecular weight excluding hydrogens is 523 g/mol. The van der Waals surface area contributed by atoms with Crippen LogP contribution in [-0.4, -0.2) is 64.0 Å². The lowest BCUT2D eigenvalue weighted by Gasteiger charge is -2.22. The lowest BCUT2D eigenvalue weighted by Crippen LogP contribution is -2.26. The molecule has 4 aromatic heterocycles. The Bertz CT molecular complexity index is 1610. The number of fused-ring (bicyclic) bond motifs is 1. The van der Waals surface area contributed by atoms with Crippen LogP contribution in [0.25, 0.3) is 33.3 Å². The van der Waals surface area contributed by atoms with Crippen LogP contribution in [0.4, 0.5) is 10.1 Å². The minimum Gasteiger partial charge on any atom is -0.441 e. The molecule has 0 aliphatic carbocycles. The molecule has 0 spiro atoms. The summed E-state index contributed by atoms with van der Waals surface area (Å²) < 4.78 is 21.6. The molecule has 1 unspecified atom stereocenters. The molecule has 0 aromatic carbocycles. The fourth-order valence-electron chi connectivity index (χ4n) is 4.13. The van der Waals surface area contributed by atoms with Crippen molar-refractivity contribution in [2.75, 3.05) is 32.6 Å². The molecular formula is C31H35FN6O3. The van der Waals surface area contributed by atoms with Gasteiger partial charge in [-0.2, -0.15) is 4.39 Å². The Hall–Kier alpha value is -4.44. The molecule has 4 heterocycles. The molecule has 0 radical (unpaired) electrons. The van der Waals surface area contributed by atoms with Crippen molar-refractivity contribution in [3.8, 4) is 22.3 Å². The van der Waals surface area contributed by atoms with E-state index in [9.17, 15) is 14.0 Å². The maximum absolute atomic E-state index is 14.1. The molecule has 0 N–H and O–H groups in total. The van der Waals surface area contributed by atoms with E-state index in [1.54, 1.807) is 70.2 Å². The smallest absolute Gasteiger partial charge is 0.313 e. The predicted molar refractivity (Wildman–Crippen MR) is 158 cm³/mol. The van der Waals surface area contributed by atoms with Crippen molar-refractivity contribution in [3.05, 3.63) is 73.3 Å². The normalized spacial score (nSPS) is 12.7.